The van der Waals surface area contributed by atoms with Crippen LogP contribution in [0.5, 0.6) is 5.75 Å². The van der Waals surface area contributed by atoms with Crippen LogP contribution in [0.15, 0.2) is 36.4 Å². The van der Waals surface area contributed by atoms with Crippen LogP contribution >= 0.6 is 0 Å². The van der Waals surface area contributed by atoms with Crippen molar-refractivity contribution in [3.05, 3.63) is 58.7 Å². The third-order valence-corrected chi connectivity index (χ3v) is 4.13. The smallest absolute Gasteiger partial charge is 0.251 e. The molecule has 24 heavy (non-hydrogen) atoms. The molecule has 0 unspecified atom stereocenters. The molecule has 1 heterocycles. The van der Waals surface area contributed by atoms with Gasteiger partial charge in [0.25, 0.3) is 5.91 Å². The highest BCUT2D eigenvalue weighted by Gasteiger charge is 2.14. The first-order valence-electron chi connectivity index (χ1n) is 7.94. The monoisotopic (exact) mass is 324 g/mol. The zero-order valence-corrected chi connectivity index (χ0v) is 13.8. The number of fused-ring (bicyclic) bond motifs is 1. The second-order valence-corrected chi connectivity index (χ2v) is 5.96. The second-order valence-electron chi connectivity index (χ2n) is 5.96. The van der Waals surface area contributed by atoms with Crippen LogP contribution < -0.4 is 15.4 Å². The van der Waals surface area contributed by atoms with Crippen molar-refractivity contribution >= 4 is 17.5 Å². The van der Waals surface area contributed by atoms with E-state index in [1.807, 2.05) is 50.2 Å². The van der Waals surface area contributed by atoms with E-state index in [1.165, 1.54) is 0 Å². The molecule has 3 rings (SSSR count). The molecule has 0 spiro atoms. The molecule has 0 radical (unpaired) electrons. The fraction of sp³-hybridized carbons (Fsp3) is 0.263. The lowest BCUT2D eigenvalue weighted by molar-refractivity contribution is -0.116. The van der Waals surface area contributed by atoms with E-state index in [4.69, 9.17) is 4.74 Å². The number of rotatable bonds is 3. The average molecular weight is 324 g/mol. The first-order valence-corrected chi connectivity index (χ1v) is 7.94. The van der Waals surface area contributed by atoms with Gasteiger partial charge in [-0.05, 0) is 54.8 Å². The number of carbonyl (C=O) groups excluding carboxylic acids is 2. The number of nitrogens with one attached hydrogen (secondary N) is 2. The minimum Gasteiger partial charge on any atom is -0.491 e. The summed E-state index contributed by atoms with van der Waals surface area (Å²) in [7, 11) is 0. The Balaban J connectivity index is 1.69. The molecule has 0 atom stereocenters. The molecule has 1 aliphatic rings. The molecule has 0 aromatic heterocycles. The molecule has 0 saturated carbocycles. The van der Waals surface area contributed by atoms with E-state index in [0.29, 0.717) is 36.6 Å². The predicted molar refractivity (Wildman–Crippen MR) is 92.3 cm³/mol. The third-order valence-electron chi connectivity index (χ3n) is 4.13. The highest BCUT2D eigenvalue weighted by Crippen LogP contribution is 2.28. The summed E-state index contributed by atoms with van der Waals surface area (Å²) in [4.78, 5) is 23.9. The van der Waals surface area contributed by atoms with Gasteiger partial charge in [-0.25, -0.2) is 0 Å². The van der Waals surface area contributed by atoms with E-state index in [-0.39, 0.29) is 11.8 Å². The van der Waals surface area contributed by atoms with Gasteiger partial charge in [0.2, 0.25) is 5.91 Å². The Hall–Kier alpha value is -2.82. The van der Waals surface area contributed by atoms with Crippen molar-refractivity contribution in [2.24, 2.45) is 0 Å². The van der Waals surface area contributed by atoms with Gasteiger partial charge in [-0.3, -0.25) is 9.59 Å². The summed E-state index contributed by atoms with van der Waals surface area (Å²) in [6.45, 7) is 4.76. The van der Waals surface area contributed by atoms with Gasteiger partial charge in [0.15, 0.2) is 0 Å². The molecule has 5 nitrogen and oxygen atoms in total. The SMILES string of the molecule is Cc1ccc(C(=O)NCc2ccc3c(c2)NC(=O)CCO3)cc1C. The van der Waals surface area contributed by atoms with Gasteiger partial charge < -0.3 is 15.4 Å². The molecular formula is C19H20N2O3. The van der Waals surface area contributed by atoms with Crippen molar-refractivity contribution in [2.45, 2.75) is 26.8 Å². The summed E-state index contributed by atoms with van der Waals surface area (Å²) in [5, 5.41) is 5.72. The first kappa shape index (κ1) is 16.1. The average Bonchev–Trinajstić information content (AvgIpc) is 2.75. The number of ether oxygens (including phenoxy) is 1. The summed E-state index contributed by atoms with van der Waals surface area (Å²) < 4.78 is 5.52. The van der Waals surface area contributed by atoms with Gasteiger partial charge >= 0.3 is 0 Å². The molecule has 1 aliphatic heterocycles. The molecule has 0 bridgehead atoms. The Labute approximate surface area is 141 Å². The lowest BCUT2D eigenvalue weighted by Crippen LogP contribution is -2.23. The minimum atomic E-state index is -0.117. The van der Waals surface area contributed by atoms with Crippen molar-refractivity contribution in [2.75, 3.05) is 11.9 Å². The number of anilines is 1. The van der Waals surface area contributed by atoms with Crippen LogP contribution in [0.2, 0.25) is 0 Å². The lowest BCUT2D eigenvalue weighted by Gasteiger charge is -2.11. The maximum absolute atomic E-state index is 12.3. The van der Waals surface area contributed by atoms with Crippen LogP contribution in [0.1, 0.15) is 33.5 Å². The molecule has 2 aromatic rings. The summed E-state index contributed by atoms with van der Waals surface area (Å²) in [6, 6.07) is 11.2. The van der Waals surface area contributed by atoms with Gasteiger partial charge in [0, 0.05) is 12.1 Å². The topological polar surface area (TPSA) is 67.4 Å². The maximum Gasteiger partial charge on any atom is 0.251 e. The Bertz CT molecular complexity index is 799. The van der Waals surface area contributed by atoms with Crippen LogP contribution in [-0.2, 0) is 11.3 Å². The highest BCUT2D eigenvalue weighted by atomic mass is 16.5. The number of hydrogen-bond donors (Lipinski definition) is 2. The van der Waals surface area contributed by atoms with Crippen molar-refractivity contribution < 1.29 is 14.3 Å². The molecule has 0 saturated heterocycles. The molecule has 0 aliphatic carbocycles. The minimum absolute atomic E-state index is 0.0648. The standard InChI is InChI=1S/C19H20N2O3/c1-12-3-5-15(9-13(12)2)19(23)20-11-14-4-6-17-16(10-14)21-18(22)7-8-24-17/h3-6,9-10H,7-8,11H2,1-2H3,(H,20,23)(H,21,22). The molecular weight excluding hydrogens is 304 g/mol. The number of carbonyl (C=O) groups is 2. The van der Waals surface area contributed by atoms with Crippen LogP contribution in [0, 0.1) is 13.8 Å². The Kier molecular flexibility index (Phi) is 4.51. The molecule has 124 valence electrons. The zero-order chi connectivity index (χ0) is 17.1. The molecule has 2 amide bonds. The Morgan fingerprint density at radius 2 is 2.00 bits per heavy atom. The highest BCUT2D eigenvalue weighted by molar-refractivity contribution is 5.95. The van der Waals surface area contributed by atoms with E-state index in [1.54, 1.807) is 0 Å². The first-order chi connectivity index (χ1) is 11.5. The largest absolute Gasteiger partial charge is 0.491 e. The summed E-state index contributed by atoms with van der Waals surface area (Å²) in [6.07, 6.45) is 0.341. The van der Waals surface area contributed by atoms with E-state index in [0.717, 1.165) is 16.7 Å². The summed E-state index contributed by atoms with van der Waals surface area (Å²) in [5.74, 6) is 0.475. The number of amides is 2. The van der Waals surface area contributed by atoms with E-state index >= 15 is 0 Å². The molecule has 5 heteroatoms. The van der Waals surface area contributed by atoms with Gasteiger partial charge in [0.1, 0.15) is 5.75 Å². The lowest BCUT2D eigenvalue weighted by atomic mass is 10.1. The van der Waals surface area contributed by atoms with E-state index in [9.17, 15) is 9.59 Å². The van der Waals surface area contributed by atoms with Crippen molar-refractivity contribution in [1.29, 1.82) is 0 Å². The zero-order valence-electron chi connectivity index (χ0n) is 13.8. The van der Waals surface area contributed by atoms with Gasteiger partial charge in [-0.1, -0.05) is 12.1 Å². The van der Waals surface area contributed by atoms with Crippen LogP contribution in [-0.4, -0.2) is 18.4 Å². The van der Waals surface area contributed by atoms with Gasteiger partial charge in [0.05, 0.1) is 18.7 Å². The van der Waals surface area contributed by atoms with Crippen LogP contribution in [0.4, 0.5) is 5.69 Å². The maximum atomic E-state index is 12.3. The number of benzene rings is 2. The normalized spacial score (nSPS) is 13.3. The van der Waals surface area contributed by atoms with Crippen molar-refractivity contribution in [3.63, 3.8) is 0 Å². The predicted octanol–water partition coefficient (Wildman–Crippen LogP) is 2.95. The van der Waals surface area contributed by atoms with Crippen LogP contribution in [0.3, 0.4) is 0 Å². The molecule has 0 fully saturated rings. The van der Waals surface area contributed by atoms with Crippen molar-refractivity contribution in [3.8, 4) is 5.75 Å². The van der Waals surface area contributed by atoms with E-state index < -0.39 is 0 Å². The van der Waals surface area contributed by atoms with Crippen molar-refractivity contribution in [1.82, 2.24) is 5.32 Å². The quantitative estimate of drug-likeness (QED) is 0.912. The number of hydrogen-bond acceptors (Lipinski definition) is 3. The van der Waals surface area contributed by atoms with Gasteiger partial charge in [-0.2, -0.15) is 0 Å². The van der Waals surface area contributed by atoms with Crippen LogP contribution in [0.25, 0.3) is 0 Å². The Morgan fingerprint density at radius 3 is 2.79 bits per heavy atom. The summed E-state index contributed by atoms with van der Waals surface area (Å²) >= 11 is 0. The second kappa shape index (κ2) is 6.74. The third kappa shape index (κ3) is 3.56. The van der Waals surface area contributed by atoms with E-state index in [2.05, 4.69) is 10.6 Å². The fourth-order valence-corrected chi connectivity index (χ4v) is 2.54. The molecule has 2 N–H and O–H groups in total. The fourth-order valence-electron chi connectivity index (χ4n) is 2.54. The molecule has 2 aromatic carbocycles. The van der Waals surface area contributed by atoms with Gasteiger partial charge in [-0.15, -0.1) is 0 Å². The number of aryl methyl sites for hydroxylation is 2. The Morgan fingerprint density at radius 1 is 1.17 bits per heavy atom. The summed E-state index contributed by atoms with van der Waals surface area (Å²) in [5.41, 5.74) is 4.44.